The van der Waals surface area contributed by atoms with Gasteiger partial charge in [0.15, 0.2) is 0 Å². The first-order valence-corrected chi connectivity index (χ1v) is 15.1. The molecule has 46 heavy (non-hydrogen) atoms. The van der Waals surface area contributed by atoms with Crippen molar-refractivity contribution in [1.82, 2.24) is 10.0 Å². The molecule has 10 heteroatoms. The molecule has 4 aromatic carbocycles. The molecule has 0 aliphatic carbocycles. The molecule has 4 saturated heterocycles. The third-order valence-electron chi connectivity index (χ3n) is 9.73. The molecule has 4 aliphatic heterocycles. The maximum Gasteiger partial charge on any atom is 0.253 e. The average Bonchev–Trinajstić information content (AvgIpc) is 3.71. The van der Waals surface area contributed by atoms with E-state index in [0.29, 0.717) is 11.1 Å². The second-order valence-electron chi connectivity index (χ2n) is 12.4. The van der Waals surface area contributed by atoms with Crippen molar-refractivity contribution in [3.05, 3.63) is 131 Å². The number of imide groups is 2. The minimum absolute atomic E-state index is 0.251. The quantitative estimate of drug-likeness (QED) is 0.299. The average molecular weight is 619 g/mol. The van der Waals surface area contributed by atoms with Gasteiger partial charge in [0.05, 0.1) is 35.3 Å². The molecule has 8 nitrogen and oxygen atoms in total. The molecule has 0 aromatic heterocycles. The van der Waals surface area contributed by atoms with Crippen LogP contribution in [0.3, 0.4) is 0 Å². The number of hydrazine groups is 1. The topological polar surface area (TPSA) is 81.2 Å². The highest BCUT2D eigenvalue weighted by Gasteiger charge is 2.73. The lowest BCUT2D eigenvalue weighted by atomic mass is 9.84. The molecule has 0 bridgehead atoms. The molecule has 4 fully saturated rings. The van der Waals surface area contributed by atoms with E-state index in [1.165, 1.54) is 48.5 Å². The van der Waals surface area contributed by atoms with E-state index in [9.17, 15) is 28.0 Å². The maximum atomic E-state index is 14.4. The van der Waals surface area contributed by atoms with Crippen LogP contribution in [0.25, 0.3) is 0 Å². The second kappa shape index (κ2) is 10.2. The molecular formula is C36H28F2N4O4. The Balaban J connectivity index is 1.32. The number of hydrogen-bond acceptors (Lipinski definition) is 6. The molecule has 230 valence electrons. The summed E-state index contributed by atoms with van der Waals surface area (Å²) in [5, 5.41) is 3.58. The summed E-state index contributed by atoms with van der Waals surface area (Å²) in [6, 6.07) is 22.0. The second-order valence-corrected chi connectivity index (χ2v) is 12.4. The fraction of sp³-hybridized carbons (Fsp3) is 0.222. The molecule has 0 N–H and O–H groups in total. The molecule has 4 aliphatic rings. The van der Waals surface area contributed by atoms with E-state index >= 15 is 0 Å². The van der Waals surface area contributed by atoms with Crippen molar-refractivity contribution in [2.45, 2.75) is 38.0 Å². The Labute approximate surface area is 263 Å². The van der Waals surface area contributed by atoms with Gasteiger partial charge in [-0.3, -0.25) is 19.2 Å². The Morgan fingerprint density at radius 3 is 1.09 bits per heavy atom. The number of rotatable bonds is 4. The minimum Gasteiger partial charge on any atom is -0.274 e. The van der Waals surface area contributed by atoms with Crippen molar-refractivity contribution in [1.29, 1.82) is 0 Å². The Morgan fingerprint density at radius 1 is 0.435 bits per heavy atom. The number of nitrogens with zero attached hydrogens (tertiary/aromatic N) is 4. The van der Waals surface area contributed by atoms with E-state index in [1.54, 1.807) is 10.0 Å². The molecule has 0 saturated carbocycles. The van der Waals surface area contributed by atoms with Crippen molar-refractivity contribution in [2.24, 2.45) is 11.8 Å². The summed E-state index contributed by atoms with van der Waals surface area (Å²) in [7, 11) is 0. The number of hydrogen-bond donors (Lipinski definition) is 0. The number of fused-ring (bicyclic) bond motifs is 5. The van der Waals surface area contributed by atoms with Crippen molar-refractivity contribution < 1.29 is 28.0 Å². The summed E-state index contributed by atoms with van der Waals surface area (Å²) < 4.78 is 27.7. The molecule has 0 spiro atoms. The number of carbonyl (C=O) groups is 4. The van der Waals surface area contributed by atoms with Crippen molar-refractivity contribution >= 4 is 35.0 Å². The highest BCUT2D eigenvalue weighted by molar-refractivity contribution is 6.26. The van der Waals surface area contributed by atoms with Gasteiger partial charge in [-0.05, 0) is 73.5 Å². The smallest absolute Gasteiger partial charge is 0.253 e. The van der Waals surface area contributed by atoms with Crippen LogP contribution in [0.5, 0.6) is 0 Å². The Bertz CT molecular complexity index is 1770. The van der Waals surface area contributed by atoms with Crippen LogP contribution in [0.15, 0.2) is 97.1 Å². The number of benzene rings is 4. The summed E-state index contributed by atoms with van der Waals surface area (Å²) in [5.74, 6) is -4.78. The molecule has 8 rings (SSSR count). The summed E-state index contributed by atoms with van der Waals surface area (Å²) in [6.07, 6.45) is 0. The molecular weight excluding hydrogens is 590 g/mol. The summed E-state index contributed by atoms with van der Waals surface area (Å²) >= 11 is 0. The molecule has 0 radical (unpaired) electrons. The third-order valence-corrected chi connectivity index (χ3v) is 9.73. The number of halogens is 2. The molecule has 6 atom stereocenters. The van der Waals surface area contributed by atoms with Crippen LogP contribution in [-0.4, -0.2) is 45.7 Å². The SMILES string of the molecule is Cc1ccc([C@@H]2[C@@H]3C(=O)N(c4ccc(F)cc4)C(=O)[C@@H]3N3[C@H](c4ccc(C)cc4)[C@@H]4C(=O)N(c5ccc(F)cc5)C(=O)[C@H]4N23)cc1. The zero-order chi connectivity index (χ0) is 32.0. The number of carbonyl (C=O) groups excluding carboxylic acids is 4. The zero-order valence-corrected chi connectivity index (χ0v) is 24.9. The third kappa shape index (κ3) is 3.96. The van der Waals surface area contributed by atoms with Gasteiger partial charge in [0.25, 0.3) is 11.8 Å². The van der Waals surface area contributed by atoms with E-state index in [4.69, 9.17) is 0 Å². The van der Waals surface area contributed by atoms with Crippen LogP contribution in [0, 0.1) is 37.3 Å². The molecule has 4 heterocycles. The molecule has 4 amide bonds. The number of amides is 4. The number of anilines is 2. The lowest BCUT2D eigenvalue weighted by Crippen LogP contribution is -2.50. The van der Waals surface area contributed by atoms with Gasteiger partial charge in [-0.1, -0.05) is 59.7 Å². The standard InChI is InChI=1S/C36H28F2N4O4/c1-19-3-7-21(8-4-19)29-27-31(35(45)39(33(27)43)25-15-11-23(37)12-16-25)42-30(22-9-5-20(2)6-10-22)28-32(41(29)42)36(46)40(34(28)44)26-17-13-24(38)14-18-26/h3-18,27-32H,1-2H3/t27-,28-,29+,30+,31-,32+/m0/s1. The maximum absolute atomic E-state index is 14.4. The normalized spacial score (nSPS) is 27.5. The van der Waals surface area contributed by atoms with E-state index < -0.39 is 71.3 Å². The van der Waals surface area contributed by atoms with Crippen molar-refractivity contribution in [3.8, 4) is 0 Å². The van der Waals surface area contributed by atoms with Crippen molar-refractivity contribution in [3.63, 3.8) is 0 Å². The highest BCUT2D eigenvalue weighted by atomic mass is 19.1. The van der Waals surface area contributed by atoms with Gasteiger partial charge in [-0.15, -0.1) is 0 Å². The predicted molar refractivity (Wildman–Crippen MR) is 164 cm³/mol. The van der Waals surface area contributed by atoms with Crippen LogP contribution < -0.4 is 9.80 Å². The first-order valence-electron chi connectivity index (χ1n) is 15.1. The minimum atomic E-state index is -1.03. The largest absolute Gasteiger partial charge is 0.274 e. The first kappa shape index (κ1) is 28.4. The lowest BCUT2D eigenvalue weighted by molar-refractivity contribution is -0.136. The predicted octanol–water partition coefficient (Wildman–Crippen LogP) is 5.03. The van der Waals surface area contributed by atoms with Crippen molar-refractivity contribution in [2.75, 3.05) is 9.80 Å². The number of aryl methyl sites for hydroxylation is 2. The van der Waals surface area contributed by atoms with Gasteiger partial charge >= 0.3 is 0 Å². The summed E-state index contributed by atoms with van der Waals surface area (Å²) in [4.78, 5) is 59.8. The van der Waals surface area contributed by atoms with Gasteiger partial charge in [0, 0.05) is 0 Å². The van der Waals surface area contributed by atoms with Gasteiger partial charge in [0.1, 0.15) is 23.7 Å². The van der Waals surface area contributed by atoms with E-state index in [2.05, 4.69) is 0 Å². The van der Waals surface area contributed by atoms with Gasteiger partial charge in [-0.2, -0.15) is 0 Å². The monoisotopic (exact) mass is 618 g/mol. The lowest BCUT2D eigenvalue weighted by Gasteiger charge is -2.35. The van der Waals surface area contributed by atoms with E-state index in [1.807, 2.05) is 62.4 Å². The van der Waals surface area contributed by atoms with Gasteiger partial charge < -0.3 is 0 Å². The highest BCUT2D eigenvalue weighted by Crippen LogP contribution is 2.59. The Morgan fingerprint density at radius 2 is 0.761 bits per heavy atom. The molecule has 4 aromatic rings. The van der Waals surface area contributed by atoms with Crippen LogP contribution in [0.1, 0.15) is 34.3 Å². The van der Waals surface area contributed by atoms with Crippen LogP contribution >= 0.6 is 0 Å². The Kier molecular flexibility index (Phi) is 6.32. The van der Waals surface area contributed by atoms with E-state index in [-0.39, 0.29) is 11.4 Å². The van der Waals surface area contributed by atoms with Crippen LogP contribution in [-0.2, 0) is 19.2 Å². The fourth-order valence-corrected chi connectivity index (χ4v) is 7.71. The van der Waals surface area contributed by atoms with E-state index in [0.717, 1.165) is 20.9 Å². The summed E-state index contributed by atoms with van der Waals surface area (Å²) in [6.45, 7) is 3.88. The van der Waals surface area contributed by atoms with Crippen LogP contribution in [0.4, 0.5) is 20.2 Å². The fourth-order valence-electron chi connectivity index (χ4n) is 7.71. The van der Waals surface area contributed by atoms with Crippen LogP contribution in [0.2, 0.25) is 0 Å². The van der Waals surface area contributed by atoms with Gasteiger partial charge in [-0.25, -0.2) is 28.6 Å². The molecule has 0 unspecified atom stereocenters. The summed E-state index contributed by atoms with van der Waals surface area (Å²) in [5.41, 5.74) is 3.91. The Hall–Kier alpha value is -5.06. The first-order chi connectivity index (χ1) is 22.2. The van der Waals surface area contributed by atoms with Gasteiger partial charge in [0.2, 0.25) is 11.8 Å². The zero-order valence-electron chi connectivity index (χ0n) is 24.9.